The van der Waals surface area contributed by atoms with E-state index in [0.717, 1.165) is 16.7 Å². The molecule has 0 aliphatic heterocycles. The molecule has 1 N–H and O–H groups in total. The van der Waals surface area contributed by atoms with E-state index in [9.17, 15) is 5.11 Å². The largest absolute Gasteiger partial charge is 0.499 e. The highest BCUT2D eigenvalue weighted by Crippen LogP contribution is 2.37. The second-order valence-electron chi connectivity index (χ2n) is 5.64. The third-order valence-electron chi connectivity index (χ3n) is 3.88. The topological polar surface area (TPSA) is 58.9 Å². The molecule has 0 saturated heterocycles. The monoisotopic (exact) mass is 345 g/mol. The lowest BCUT2D eigenvalue weighted by Crippen LogP contribution is -2.00. The highest BCUT2D eigenvalue weighted by molar-refractivity contribution is 7.12. The fourth-order valence-electron chi connectivity index (χ4n) is 2.62. The lowest BCUT2D eigenvalue weighted by atomic mass is 10.1. The van der Waals surface area contributed by atoms with Gasteiger partial charge in [-0.15, -0.1) is 11.3 Å². The summed E-state index contributed by atoms with van der Waals surface area (Å²) in [5.41, 5.74) is 3.44. The van der Waals surface area contributed by atoms with Crippen LogP contribution in [0.25, 0.3) is 34.2 Å². The van der Waals surface area contributed by atoms with Gasteiger partial charge in [-0.05, 0) is 17.9 Å². The fourth-order valence-corrected chi connectivity index (χ4v) is 3.40. The van der Waals surface area contributed by atoms with Crippen LogP contribution >= 0.6 is 11.3 Å². The smallest absolute Gasteiger partial charge is 0.182 e. The van der Waals surface area contributed by atoms with Crippen LogP contribution in [-0.2, 0) is 0 Å². The first kappa shape index (κ1) is 15.5. The van der Waals surface area contributed by atoms with Crippen molar-refractivity contribution in [3.63, 3.8) is 0 Å². The summed E-state index contributed by atoms with van der Waals surface area (Å²) < 4.78 is 0. The summed E-state index contributed by atoms with van der Waals surface area (Å²) >= 11 is 1.28. The molecule has 4 rings (SSSR count). The fraction of sp³-hybridized carbons (Fsp3) is 0.0500. The molecular weight excluding hydrogens is 330 g/mol. The number of nitrogens with zero attached hydrogens (tertiary/aromatic N) is 3. The van der Waals surface area contributed by atoms with Crippen molar-refractivity contribution in [2.45, 2.75) is 6.92 Å². The van der Waals surface area contributed by atoms with Crippen LogP contribution in [0.4, 0.5) is 0 Å². The van der Waals surface area contributed by atoms with Gasteiger partial charge in [0.1, 0.15) is 0 Å². The van der Waals surface area contributed by atoms with Gasteiger partial charge >= 0.3 is 0 Å². The van der Waals surface area contributed by atoms with E-state index in [1.54, 1.807) is 0 Å². The maximum absolute atomic E-state index is 10.2. The summed E-state index contributed by atoms with van der Waals surface area (Å²) in [6.45, 7) is 1.94. The summed E-state index contributed by atoms with van der Waals surface area (Å²) in [6, 6.07) is 19.6. The molecule has 0 aliphatic rings. The Morgan fingerprint density at radius 2 is 1.20 bits per heavy atom. The van der Waals surface area contributed by atoms with Gasteiger partial charge in [-0.25, -0.2) is 15.0 Å². The summed E-state index contributed by atoms with van der Waals surface area (Å²) in [5.74, 6) is 1.67. The van der Waals surface area contributed by atoms with Gasteiger partial charge in [-0.1, -0.05) is 60.7 Å². The number of rotatable bonds is 3. The molecular formula is C20H15N3OS. The van der Waals surface area contributed by atoms with Gasteiger partial charge in [0.2, 0.25) is 0 Å². The third-order valence-corrected chi connectivity index (χ3v) is 4.78. The van der Waals surface area contributed by atoms with Crippen LogP contribution < -0.4 is 0 Å². The summed E-state index contributed by atoms with van der Waals surface area (Å²) in [4.78, 5) is 13.9. The summed E-state index contributed by atoms with van der Waals surface area (Å²) in [6.07, 6.45) is 0. The average molecular weight is 345 g/mol. The van der Waals surface area contributed by atoms with Crippen LogP contribution in [0.5, 0.6) is 5.06 Å². The Balaban J connectivity index is 1.96. The Kier molecular flexibility index (Phi) is 3.99. The minimum Gasteiger partial charge on any atom is -0.499 e. The molecule has 0 saturated carbocycles. The van der Waals surface area contributed by atoms with Crippen LogP contribution in [-0.4, -0.2) is 20.1 Å². The van der Waals surface area contributed by atoms with Crippen molar-refractivity contribution in [3.8, 4) is 39.2 Å². The van der Waals surface area contributed by atoms with E-state index in [2.05, 4.69) is 15.0 Å². The van der Waals surface area contributed by atoms with E-state index in [4.69, 9.17) is 0 Å². The van der Waals surface area contributed by atoms with E-state index in [-0.39, 0.29) is 5.06 Å². The summed E-state index contributed by atoms with van der Waals surface area (Å²) in [7, 11) is 0. The van der Waals surface area contributed by atoms with Crippen molar-refractivity contribution in [1.29, 1.82) is 0 Å². The first-order valence-electron chi connectivity index (χ1n) is 7.87. The molecule has 0 bridgehead atoms. The minimum atomic E-state index is 0.224. The predicted molar refractivity (Wildman–Crippen MR) is 100 cm³/mol. The van der Waals surface area contributed by atoms with Crippen LogP contribution in [0.3, 0.4) is 0 Å². The molecule has 4 aromatic rings. The van der Waals surface area contributed by atoms with Crippen LogP contribution in [0, 0.1) is 6.92 Å². The zero-order chi connectivity index (χ0) is 17.2. The Hall–Kier alpha value is -3.05. The normalized spacial score (nSPS) is 10.8. The molecule has 4 nitrogen and oxygen atoms in total. The highest BCUT2D eigenvalue weighted by Gasteiger charge is 2.17. The molecule has 25 heavy (non-hydrogen) atoms. The number of hydrogen-bond acceptors (Lipinski definition) is 5. The van der Waals surface area contributed by atoms with Crippen LogP contribution in [0.1, 0.15) is 5.56 Å². The number of aromatic nitrogens is 3. The van der Waals surface area contributed by atoms with Crippen molar-refractivity contribution in [2.24, 2.45) is 0 Å². The van der Waals surface area contributed by atoms with E-state index >= 15 is 0 Å². The molecule has 2 aromatic carbocycles. The van der Waals surface area contributed by atoms with Crippen molar-refractivity contribution in [1.82, 2.24) is 15.0 Å². The van der Waals surface area contributed by atoms with Crippen LogP contribution in [0.2, 0.25) is 0 Å². The molecule has 0 radical (unpaired) electrons. The van der Waals surface area contributed by atoms with Crippen molar-refractivity contribution < 1.29 is 5.11 Å². The molecule has 122 valence electrons. The van der Waals surface area contributed by atoms with Crippen molar-refractivity contribution >= 4 is 11.3 Å². The first-order valence-corrected chi connectivity index (χ1v) is 8.74. The second-order valence-corrected chi connectivity index (χ2v) is 6.50. The van der Waals surface area contributed by atoms with E-state index in [1.165, 1.54) is 11.3 Å². The Labute approximate surface area is 149 Å². The molecule has 0 fully saturated rings. The molecule has 2 aromatic heterocycles. The minimum absolute atomic E-state index is 0.224. The number of benzene rings is 2. The average Bonchev–Trinajstić information content (AvgIpc) is 3.01. The highest BCUT2D eigenvalue weighted by atomic mass is 32.1. The van der Waals surface area contributed by atoms with Crippen molar-refractivity contribution in [2.75, 3.05) is 0 Å². The Bertz CT molecular complexity index is 937. The SMILES string of the molecule is Cc1csc(O)c1-c1nc(-c2ccccc2)nc(-c2ccccc2)n1. The molecule has 0 unspecified atom stereocenters. The maximum Gasteiger partial charge on any atom is 0.182 e. The van der Waals surface area contributed by atoms with Gasteiger partial charge in [-0.2, -0.15) is 0 Å². The zero-order valence-corrected chi connectivity index (χ0v) is 14.4. The van der Waals surface area contributed by atoms with Gasteiger partial charge in [0, 0.05) is 11.1 Å². The lowest BCUT2D eigenvalue weighted by Gasteiger charge is -2.08. The Morgan fingerprint density at radius 1 is 0.720 bits per heavy atom. The second kappa shape index (κ2) is 6.45. The maximum atomic E-state index is 10.2. The van der Waals surface area contributed by atoms with Gasteiger partial charge in [0.05, 0.1) is 5.56 Å². The first-order chi connectivity index (χ1) is 12.2. The van der Waals surface area contributed by atoms with Gasteiger partial charge in [0.25, 0.3) is 0 Å². The number of aromatic hydroxyl groups is 1. The van der Waals surface area contributed by atoms with E-state index in [0.29, 0.717) is 23.0 Å². The summed E-state index contributed by atoms with van der Waals surface area (Å²) in [5, 5.41) is 12.4. The molecule has 5 heteroatoms. The van der Waals surface area contributed by atoms with Crippen LogP contribution in [0.15, 0.2) is 66.0 Å². The predicted octanol–water partition coefficient (Wildman–Crippen LogP) is 4.95. The molecule has 0 amide bonds. The molecule has 0 spiro atoms. The lowest BCUT2D eigenvalue weighted by molar-refractivity contribution is 0.492. The van der Waals surface area contributed by atoms with E-state index in [1.807, 2.05) is 73.0 Å². The zero-order valence-electron chi connectivity index (χ0n) is 13.5. The molecule has 2 heterocycles. The Morgan fingerprint density at radius 3 is 1.64 bits per heavy atom. The van der Waals surface area contributed by atoms with Crippen molar-refractivity contribution in [3.05, 3.63) is 71.6 Å². The number of thiophene rings is 1. The third kappa shape index (κ3) is 3.02. The standard InChI is InChI=1S/C20H15N3OS/c1-13-12-25-20(24)16(13)19-22-17(14-8-4-2-5-9-14)21-18(23-19)15-10-6-3-7-11-15/h2-12,24H,1H3. The van der Waals surface area contributed by atoms with Gasteiger partial charge in [-0.3, -0.25) is 0 Å². The molecule has 0 atom stereocenters. The van der Waals surface area contributed by atoms with Gasteiger partial charge in [0.15, 0.2) is 22.5 Å². The quantitative estimate of drug-likeness (QED) is 0.571. The number of hydrogen-bond donors (Lipinski definition) is 1. The molecule has 0 aliphatic carbocycles. The van der Waals surface area contributed by atoms with E-state index < -0.39 is 0 Å². The number of aryl methyl sites for hydroxylation is 1. The van der Waals surface area contributed by atoms with Gasteiger partial charge < -0.3 is 5.11 Å².